The summed E-state index contributed by atoms with van der Waals surface area (Å²) in [5, 5.41) is 0. The number of para-hydroxylation sites is 3. The number of anilines is 3. The molecule has 1 saturated heterocycles. The molecule has 22 heavy (non-hydrogen) atoms. The molecule has 0 amide bonds. The number of fused-ring (bicyclic) bond motifs is 1. The highest BCUT2D eigenvalue weighted by Gasteiger charge is 2.41. The second kappa shape index (κ2) is 5.00. The Morgan fingerprint density at radius 3 is 2.32 bits per heavy atom. The topological polar surface area (TPSA) is 53.2 Å². The SMILES string of the molecule is O=S1(=O)N(CC[C@H]2CO2)c2ccccc2N1c1ccccc1. The molecule has 0 radical (unpaired) electrons. The van der Waals surface area contributed by atoms with Gasteiger partial charge in [-0.05, 0) is 30.7 Å². The fraction of sp³-hybridized carbons (Fsp3) is 0.250. The second-order valence-corrected chi connectivity index (χ2v) is 7.11. The molecule has 1 atom stereocenters. The van der Waals surface area contributed by atoms with Gasteiger partial charge in [-0.25, -0.2) is 4.31 Å². The van der Waals surface area contributed by atoms with Gasteiger partial charge in [-0.15, -0.1) is 0 Å². The largest absolute Gasteiger partial charge is 0.373 e. The number of nitrogens with zero attached hydrogens (tertiary/aromatic N) is 2. The lowest BCUT2D eigenvalue weighted by Gasteiger charge is -2.21. The normalized spacial score (nSPS) is 21.7. The van der Waals surface area contributed by atoms with Crippen LogP contribution in [0.3, 0.4) is 0 Å². The average molecular weight is 316 g/mol. The summed E-state index contributed by atoms with van der Waals surface area (Å²) >= 11 is 0. The summed E-state index contributed by atoms with van der Waals surface area (Å²) in [6, 6.07) is 16.6. The number of hydrogen-bond donors (Lipinski definition) is 0. The molecule has 2 aromatic carbocycles. The molecule has 2 aliphatic rings. The number of hydrogen-bond acceptors (Lipinski definition) is 3. The number of benzene rings is 2. The van der Waals surface area contributed by atoms with Crippen LogP contribution in [0.1, 0.15) is 6.42 Å². The minimum atomic E-state index is -3.60. The Morgan fingerprint density at radius 1 is 1.00 bits per heavy atom. The molecule has 0 aromatic heterocycles. The zero-order valence-electron chi connectivity index (χ0n) is 11.9. The van der Waals surface area contributed by atoms with Gasteiger partial charge >= 0.3 is 10.2 Å². The molecule has 1 fully saturated rings. The fourth-order valence-corrected chi connectivity index (χ4v) is 4.49. The average Bonchev–Trinajstić information content (AvgIpc) is 3.30. The molecule has 0 spiro atoms. The molecule has 2 aromatic rings. The van der Waals surface area contributed by atoms with Gasteiger partial charge in [0, 0.05) is 6.54 Å². The van der Waals surface area contributed by atoms with Crippen molar-refractivity contribution < 1.29 is 13.2 Å². The molecular weight excluding hydrogens is 300 g/mol. The first-order chi connectivity index (χ1) is 10.7. The van der Waals surface area contributed by atoms with Gasteiger partial charge in [0.25, 0.3) is 0 Å². The van der Waals surface area contributed by atoms with E-state index in [9.17, 15) is 8.42 Å². The van der Waals surface area contributed by atoms with Crippen molar-refractivity contribution in [1.82, 2.24) is 0 Å². The highest BCUT2D eigenvalue weighted by Crippen LogP contribution is 2.45. The first-order valence-electron chi connectivity index (χ1n) is 7.26. The smallest absolute Gasteiger partial charge is 0.330 e. The molecule has 2 heterocycles. The van der Waals surface area contributed by atoms with Crippen molar-refractivity contribution in [1.29, 1.82) is 0 Å². The maximum Gasteiger partial charge on any atom is 0.330 e. The molecule has 0 aliphatic carbocycles. The highest BCUT2D eigenvalue weighted by atomic mass is 32.2. The van der Waals surface area contributed by atoms with Crippen molar-refractivity contribution in [2.45, 2.75) is 12.5 Å². The number of ether oxygens (including phenoxy) is 1. The van der Waals surface area contributed by atoms with Gasteiger partial charge < -0.3 is 4.74 Å². The Labute approximate surface area is 129 Å². The van der Waals surface area contributed by atoms with E-state index in [0.717, 1.165) is 18.7 Å². The van der Waals surface area contributed by atoms with Crippen LogP contribution in [-0.4, -0.2) is 27.7 Å². The van der Waals surface area contributed by atoms with Crippen LogP contribution in [0.25, 0.3) is 0 Å². The molecule has 2 aliphatic heterocycles. The van der Waals surface area contributed by atoms with Crippen LogP contribution in [0.15, 0.2) is 54.6 Å². The van der Waals surface area contributed by atoms with Gasteiger partial charge in [-0.3, -0.25) is 4.31 Å². The van der Waals surface area contributed by atoms with Gasteiger partial charge in [-0.2, -0.15) is 8.42 Å². The van der Waals surface area contributed by atoms with E-state index in [1.807, 2.05) is 54.6 Å². The zero-order valence-corrected chi connectivity index (χ0v) is 12.7. The maximum absolute atomic E-state index is 13.0. The van der Waals surface area contributed by atoms with Crippen LogP contribution in [-0.2, 0) is 14.9 Å². The van der Waals surface area contributed by atoms with Gasteiger partial charge in [0.05, 0.1) is 29.8 Å². The maximum atomic E-state index is 13.0. The Balaban J connectivity index is 1.78. The number of epoxide rings is 1. The van der Waals surface area contributed by atoms with Crippen LogP contribution in [0.5, 0.6) is 0 Å². The first-order valence-corrected chi connectivity index (χ1v) is 8.66. The molecule has 0 N–H and O–H groups in total. The summed E-state index contributed by atoms with van der Waals surface area (Å²) < 4.78 is 34.1. The van der Waals surface area contributed by atoms with E-state index < -0.39 is 10.2 Å². The highest BCUT2D eigenvalue weighted by molar-refractivity contribution is 7.95. The fourth-order valence-electron chi connectivity index (χ4n) is 2.76. The predicted octanol–water partition coefficient (Wildman–Crippen LogP) is 2.68. The first kappa shape index (κ1) is 13.6. The third-order valence-electron chi connectivity index (χ3n) is 3.93. The van der Waals surface area contributed by atoms with Crippen molar-refractivity contribution >= 4 is 27.3 Å². The van der Waals surface area contributed by atoms with Crippen LogP contribution in [0, 0.1) is 0 Å². The second-order valence-electron chi connectivity index (χ2n) is 5.41. The van der Waals surface area contributed by atoms with Crippen LogP contribution in [0.2, 0.25) is 0 Å². The predicted molar refractivity (Wildman–Crippen MR) is 85.6 cm³/mol. The van der Waals surface area contributed by atoms with Crippen LogP contribution in [0.4, 0.5) is 17.1 Å². The number of rotatable bonds is 4. The lowest BCUT2D eigenvalue weighted by Crippen LogP contribution is -2.36. The Bertz CT molecular complexity index is 788. The molecule has 4 rings (SSSR count). The summed E-state index contributed by atoms with van der Waals surface area (Å²) in [5.74, 6) is 0. The quantitative estimate of drug-likeness (QED) is 0.815. The lowest BCUT2D eigenvalue weighted by atomic mass is 10.2. The molecule has 0 bridgehead atoms. The Morgan fingerprint density at radius 2 is 1.64 bits per heavy atom. The van der Waals surface area contributed by atoms with E-state index in [1.165, 1.54) is 8.61 Å². The Hall–Kier alpha value is -2.05. The third-order valence-corrected chi connectivity index (χ3v) is 5.73. The van der Waals surface area contributed by atoms with E-state index in [1.54, 1.807) is 0 Å². The standard InChI is InChI=1S/C16H16N2O3S/c19-22(20)17(11-10-14-12-21-14)15-8-4-5-9-16(15)18(22)13-6-2-1-3-7-13/h1-9,14H,10-12H2/t14-/m0/s1. The van der Waals surface area contributed by atoms with Crippen molar-refractivity contribution in [2.24, 2.45) is 0 Å². The lowest BCUT2D eigenvalue weighted by molar-refractivity contribution is 0.399. The molecule has 6 heteroatoms. The van der Waals surface area contributed by atoms with Crippen molar-refractivity contribution in [3.8, 4) is 0 Å². The molecule has 114 valence electrons. The summed E-state index contributed by atoms with van der Waals surface area (Å²) in [5.41, 5.74) is 2.08. The van der Waals surface area contributed by atoms with Crippen molar-refractivity contribution in [2.75, 3.05) is 21.8 Å². The van der Waals surface area contributed by atoms with Crippen LogP contribution >= 0.6 is 0 Å². The summed E-state index contributed by atoms with van der Waals surface area (Å²) in [4.78, 5) is 0. The van der Waals surface area contributed by atoms with Crippen molar-refractivity contribution in [3.05, 3.63) is 54.6 Å². The van der Waals surface area contributed by atoms with Gasteiger partial charge in [-0.1, -0.05) is 30.3 Å². The van der Waals surface area contributed by atoms with E-state index in [0.29, 0.717) is 17.9 Å². The van der Waals surface area contributed by atoms with E-state index in [4.69, 9.17) is 4.74 Å². The minimum absolute atomic E-state index is 0.202. The van der Waals surface area contributed by atoms with E-state index in [2.05, 4.69) is 0 Å². The van der Waals surface area contributed by atoms with E-state index >= 15 is 0 Å². The monoisotopic (exact) mass is 316 g/mol. The third kappa shape index (κ3) is 2.15. The van der Waals surface area contributed by atoms with Gasteiger partial charge in [0.2, 0.25) is 0 Å². The van der Waals surface area contributed by atoms with E-state index in [-0.39, 0.29) is 6.10 Å². The van der Waals surface area contributed by atoms with Gasteiger partial charge in [0.15, 0.2) is 0 Å². The summed E-state index contributed by atoms with van der Waals surface area (Å²) in [6.07, 6.45) is 0.920. The molecule has 0 saturated carbocycles. The summed E-state index contributed by atoms with van der Waals surface area (Å²) in [6.45, 7) is 1.17. The molecule has 0 unspecified atom stereocenters. The van der Waals surface area contributed by atoms with Gasteiger partial charge in [0.1, 0.15) is 0 Å². The molecule has 5 nitrogen and oxygen atoms in total. The summed E-state index contributed by atoms with van der Waals surface area (Å²) in [7, 11) is -3.60. The molecular formula is C16H16N2O3S. The minimum Gasteiger partial charge on any atom is -0.373 e. The van der Waals surface area contributed by atoms with Crippen molar-refractivity contribution in [3.63, 3.8) is 0 Å². The van der Waals surface area contributed by atoms with Crippen LogP contribution < -0.4 is 8.61 Å². The Kier molecular flexibility index (Phi) is 3.09. The zero-order chi connectivity index (χ0) is 15.2.